The zero-order valence-corrected chi connectivity index (χ0v) is 14.6. The fraction of sp³-hybridized carbons (Fsp3) is 0.105. The van der Waals surface area contributed by atoms with Gasteiger partial charge >= 0.3 is 0 Å². The number of pyridine rings is 1. The zero-order valence-electron chi connectivity index (χ0n) is 12.5. The Labute approximate surface area is 149 Å². The Morgan fingerprint density at radius 2 is 1.26 bits per heavy atom. The highest BCUT2D eigenvalue weighted by Gasteiger charge is 2.09. The maximum absolute atomic E-state index is 5.88. The summed E-state index contributed by atoms with van der Waals surface area (Å²) in [6.07, 6.45) is 0. The van der Waals surface area contributed by atoms with Crippen LogP contribution in [0.15, 0.2) is 72.8 Å². The van der Waals surface area contributed by atoms with Crippen molar-refractivity contribution in [3.05, 3.63) is 87.6 Å². The molecule has 0 bridgehead atoms. The van der Waals surface area contributed by atoms with E-state index in [1.165, 1.54) is 0 Å². The predicted molar refractivity (Wildman–Crippen MR) is 98.5 cm³/mol. The molecule has 1 heterocycles. The Morgan fingerprint density at radius 1 is 0.696 bits per heavy atom. The van der Waals surface area contributed by atoms with Gasteiger partial charge in [0.2, 0.25) is 0 Å². The second-order valence-electron chi connectivity index (χ2n) is 4.99. The van der Waals surface area contributed by atoms with Gasteiger partial charge in [0.1, 0.15) is 16.9 Å². The van der Waals surface area contributed by atoms with Crippen LogP contribution in [0.25, 0.3) is 0 Å². The smallest absolute Gasteiger partial charge is 0.258 e. The van der Waals surface area contributed by atoms with Gasteiger partial charge in [-0.1, -0.05) is 60.7 Å². The van der Waals surface area contributed by atoms with Crippen LogP contribution in [0.1, 0.15) is 11.1 Å². The summed E-state index contributed by atoms with van der Waals surface area (Å²) in [5.74, 6) is 1.18. The van der Waals surface area contributed by atoms with E-state index in [1.807, 2.05) is 72.8 Å². The van der Waals surface area contributed by atoms with Crippen LogP contribution in [0.2, 0.25) is 0 Å². The molecule has 1 aromatic heterocycles. The number of aromatic nitrogens is 1. The minimum absolute atomic E-state index is 0.468. The van der Waals surface area contributed by atoms with E-state index in [1.54, 1.807) is 0 Å². The Balaban J connectivity index is 1.70. The van der Waals surface area contributed by atoms with Gasteiger partial charge in [-0.15, -0.1) is 0 Å². The molecule has 0 spiro atoms. The van der Waals surface area contributed by atoms with E-state index in [9.17, 15) is 0 Å². The highest BCUT2D eigenvalue weighted by Crippen LogP contribution is 2.27. The van der Waals surface area contributed by atoms with Gasteiger partial charge in [-0.05, 0) is 45.9 Å². The van der Waals surface area contributed by atoms with Crippen molar-refractivity contribution < 1.29 is 9.47 Å². The standard InChI is InChI=1S/C19H16INO2/c20-18-12-11-17(22-13-15-7-3-1-4-8-15)19(21-18)23-14-16-9-5-2-6-10-16/h1-12H,13-14H2. The van der Waals surface area contributed by atoms with Crippen LogP contribution < -0.4 is 9.47 Å². The SMILES string of the molecule is Ic1ccc(OCc2ccccc2)c(OCc2ccccc2)n1. The molecule has 0 radical (unpaired) electrons. The molecule has 3 rings (SSSR count). The summed E-state index contributed by atoms with van der Waals surface area (Å²) in [5, 5.41) is 0. The number of ether oxygens (including phenoxy) is 2. The molecular weight excluding hydrogens is 401 g/mol. The van der Waals surface area contributed by atoms with Crippen LogP contribution in [0.3, 0.4) is 0 Å². The van der Waals surface area contributed by atoms with Gasteiger partial charge in [-0.25, -0.2) is 4.98 Å². The molecule has 0 unspecified atom stereocenters. The van der Waals surface area contributed by atoms with Crippen molar-refractivity contribution in [1.82, 2.24) is 4.98 Å². The van der Waals surface area contributed by atoms with E-state index >= 15 is 0 Å². The van der Waals surface area contributed by atoms with Crippen molar-refractivity contribution >= 4 is 22.6 Å². The Hall–Kier alpha value is -2.08. The Bertz CT molecular complexity index is 748. The minimum Gasteiger partial charge on any atom is -0.483 e. The third kappa shape index (κ3) is 4.69. The lowest BCUT2D eigenvalue weighted by molar-refractivity contribution is 0.246. The molecule has 3 aromatic rings. The van der Waals surface area contributed by atoms with E-state index < -0.39 is 0 Å². The molecule has 23 heavy (non-hydrogen) atoms. The van der Waals surface area contributed by atoms with Gasteiger partial charge < -0.3 is 9.47 Å². The molecule has 0 aliphatic carbocycles. The quantitative estimate of drug-likeness (QED) is 0.425. The lowest BCUT2D eigenvalue weighted by atomic mass is 10.2. The van der Waals surface area contributed by atoms with Crippen molar-refractivity contribution in [3.63, 3.8) is 0 Å². The molecule has 0 N–H and O–H groups in total. The monoisotopic (exact) mass is 417 g/mol. The molecule has 0 aliphatic rings. The van der Waals surface area contributed by atoms with Crippen LogP contribution >= 0.6 is 22.6 Å². The van der Waals surface area contributed by atoms with Crippen LogP contribution in [0.5, 0.6) is 11.6 Å². The second kappa shape index (κ2) is 7.97. The molecule has 0 aliphatic heterocycles. The fourth-order valence-electron chi connectivity index (χ4n) is 2.08. The molecular formula is C19H16INO2. The van der Waals surface area contributed by atoms with E-state index in [0.717, 1.165) is 14.8 Å². The lowest BCUT2D eigenvalue weighted by Crippen LogP contribution is -2.02. The first-order chi connectivity index (χ1) is 11.3. The van der Waals surface area contributed by atoms with Gasteiger partial charge in [-0.2, -0.15) is 0 Å². The van der Waals surface area contributed by atoms with E-state index in [0.29, 0.717) is 24.8 Å². The predicted octanol–water partition coefficient (Wildman–Crippen LogP) is 4.84. The third-order valence-corrected chi connectivity index (χ3v) is 3.85. The van der Waals surface area contributed by atoms with Crippen LogP contribution in [0.4, 0.5) is 0 Å². The molecule has 0 amide bonds. The number of hydrogen-bond donors (Lipinski definition) is 0. The molecule has 0 atom stereocenters. The normalized spacial score (nSPS) is 10.3. The average Bonchev–Trinajstić information content (AvgIpc) is 2.61. The highest BCUT2D eigenvalue weighted by atomic mass is 127. The minimum atomic E-state index is 0.468. The topological polar surface area (TPSA) is 31.4 Å². The number of benzene rings is 2. The largest absolute Gasteiger partial charge is 0.483 e. The first kappa shape index (κ1) is 15.8. The molecule has 2 aromatic carbocycles. The molecule has 3 nitrogen and oxygen atoms in total. The molecule has 4 heteroatoms. The van der Waals surface area contributed by atoms with Crippen LogP contribution in [0, 0.1) is 3.70 Å². The van der Waals surface area contributed by atoms with Crippen molar-refractivity contribution in [3.8, 4) is 11.6 Å². The first-order valence-corrected chi connectivity index (χ1v) is 8.39. The highest BCUT2D eigenvalue weighted by molar-refractivity contribution is 14.1. The summed E-state index contributed by atoms with van der Waals surface area (Å²) in [4.78, 5) is 4.44. The number of rotatable bonds is 6. The van der Waals surface area contributed by atoms with Gasteiger partial charge in [0.15, 0.2) is 5.75 Å². The van der Waals surface area contributed by atoms with Crippen LogP contribution in [-0.4, -0.2) is 4.98 Å². The van der Waals surface area contributed by atoms with E-state index in [-0.39, 0.29) is 0 Å². The maximum Gasteiger partial charge on any atom is 0.258 e. The molecule has 0 fully saturated rings. The molecule has 116 valence electrons. The van der Waals surface area contributed by atoms with Crippen molar-refractivity contribution in [2.75, 3.05) is 0 Å². The summed E-state index contributed by atoms with van der Waals surface area (Å²) in [7, 11) is 0. The van der Waals surface area contributed by atoms with Crippen molar-refractivity contribution in [2.45, 2.75) is 13.2 Å². The summed E-state index contributed by atoms with van der Waals surface area (Å²) in [5.41, 5.74) is 2.21. The van der Waals surface area contributed by atoms with E-state index in [2.05, 4.69) is 27.6 Å². The third-order valence-electron chi connectivity index (χ3n) is 3.25. The number of nitrogens with zero attached hydrogens (tertiary/aromatic N) is 1. The van der Waals surface area contributed by atoms with Crippen LogP contribution in [-0.2, 0) is 13.2 Å². The number of hydrogen-bond acceptors (Lipinski definition) is 3. The maximum atomic E-state index is 5.88. The summed E-state index contributed by atoms with van der Waals surface area (Å²) in [6, 6.07) is 23.9. The average molecular weight is 417 g/mol. The number of halogens is 1. The van der Waals surface area contributed by atoms with Crippen molar-refractivity contribution in [2.24, 2.45) is 0 Å². The van der Waals surface area contributed by atoms with Gasteiger partial charge in [-0.3, -0.25) is 0 Å². The van der Waals surface area contributed by atoms with Gasteiger partial charge in [0.05, 0.1) is 0 Å². The summed E-state index contributed by atoms with van der Waals surface area (Å²) >= 11 is 2.17. The van der Waals surface area contributed by atoms with Crippen molar-refractivity contribution in [1.29, 1.82) is 0 Å². The first-order valence-electron chi connectivity index (χ1n) is 7.31. The zero-order chi connectivity index (χ0) is 15.9. The molecule has 0 saturated heterocycles. The van der Waals surface area contributed by atoms with Gasteiger partial charge in [0, 0.05) is 0 Å². The van der Waals surface area contributed by atoms with E-state index in [4.69, 9.17) is 9.47 Å². The van der Waals surface area contributed by atoms with Gasteiger partial charge in [0.25, 0.3) is 5.88 Å². The lowest BCUT2D eigenvalue weighted by Gasteiger charge is -2.12. The summed E-state index contributed by atoms with van der Waals surface area (Å²) in [6.45, 7) is 0.959. The molecule has 0 saturated carbocycles. The Kier molecular flexibility index (Phi) is 5.47. The fourth-order valence-corrected chi connectivity index (χ4v) is 2.48. The summed E-state index contributed by atoms with van der Waals surface area (Å²) < 4.78 is 12.6. The second-order valence-corrected chi connectivity index (χ2v) is 6.09. The Morgan fingerprint density at radius 3 is 1.87 bits per heavy atom.